The predicted octanol–water partition coefficient (Wildman–Crippen LogP) is 2.37. The van der Waals surface area contributed by atoms with Gasteiger partial charge >= 0.3 is 0 Å². The Balaban J connectivity index is 2.16. The van der Waals surface area contributed by atoms with E-state index in [4.69, 9.17) is 0 Å². The molecule has 1 aromatic heterocycles. The van der Waals surface area contributed by atoms with Gasteiger partial charge in [-0.15, -0.1) is 0 Å². The minimum atomic E-state index is -0.584. The second-order valence-electron chi connectivity index (χ2n) is 5.97. The van der Waals surface area contributed by atoms with Crippen molar-refractivity contribution in [3.8, 4) is 0 Å². The van der Waals surface area contributed by atoms with Gasteiger partial charge in [-0.3, -0.25) is 9.78 Å². The minimum Gasteiger partial charge on any atom is -0.391 e. The first-order chi connectivity index (χ1) is 9.39. The summed E-state index contributed by atoms with van der Waals surface area (Å²) in [6.45, 7) is 6.04. The summed E-state index contributed by atoms with van der Waals surface area (Å²) < 4.78 is 0. The molecule has 0 aliphatic heterocycles. The van der Waals surface area contributed by atoms with Gasteiger partial charge in [0.1, 0.15) is 0 Å². The lowest BCUT2D eigenvalue weighted by Crippen LogP contribution is -2.39. The first-order valence-electron chi connectivity index (χ1n) is 6.69. The zero-order chi connectivity index (χ0) is 14.8. The molecule has 0 bridgehead atoms. The molecular weight excluding hydrogens is 252 g/mol. The van der Waals surface area contributed by atoms with Crippen molar-refractivity contribution in [1.29, 1.82) is 0 Å². The summed E-state index contributed by atoms with van der Waals surface area (Å²) in [4.78, 5) is 16.5. The van der Waals surface area contributed by atoms with Gasteiger partial charge in [-0.25, -0.2) is 0 Å². The summed E-state index contributed by atoms with van der Waals surface area (Å²) >= 11 is 0. The van der Waals surface area contributed by atoms with Gasteiger partial charge in [0.05, 0.1) is 11.6 Å². The number of fused-ring (bicyclic) bond motifs is 1. The van der Waals surface area contributed by atoms with Gasteiger partial charge in [0.15, 0.2) is 0 Å². The number of amides is 1. The molecule has 1 amide bonds. The van der Waals surface area contributed by atoms with Crippen molar-refractivity contribution in [2.24, 2.45) is 5.41 Å². The van der Waals surface area contributed by atoms with Crippen LogP contribution in [0.5, 0.6) is 0 Å². The third kappa shape index (κ3) is 3.14. The minimum absolute atomic E-state index is 0.188. The molecule has 0 aliphatic carbocycles. The molecule has 106 valence electrons. The third-order valence-corrected chi connectivity index (χ3v) is 3.35. The van der Waals surface area contributed by atoms with Gasteiger partial charge in [-0.05, 0) is 23.6 Å². The third-order valence-electron chi connectivity index (χ3n) is 3.35. The average molecular weight is 272 g/mol. The van der Waals surface area contributed by atoms with E-state index < -0.39 is 6.10 Å². The molecule has 0 radical (unpaired) electrons. The van der Waals surface area contributed by atoms with Crippen LogP contribution in [0.1, 0.15) is 31.1 Å². The lowest BCUT2D eigenvalue weighted by Gasteiger charge is -2.25. The van der Waals surface area contributed by atoms with Crippen LogP contribution in [0.3, 0.4) is 0 Å². The van der Waals surface area contributed by atoms with Crippen LogP contribution in [0.15, 0.2) is 36.5 Å². The van der Waals surface area contributed by atoms with E-state index in [1.807, 2.05) is 45.0 Å². The quantitative estimate of drug-likeness (QED) is 0.901. The molecule has 1 atom stereocenters. The summed E-state index contributed by atoms with van der Waals surface area (Å²) in [6.07, 6.45) is 1.12. The number of hydrogen-bond donors (Lipinski definition) is 2. The standard InChI is InChI=1S/C16H20N2O2/c1-16(2,3)14(19)10-18-15(20)12-6-4-8-13-11(12)7-5-9-17-13/h4-9,14,19H,10H2,1-3H3,(H,18,20). The topological polar surface area (TPSA) is 62.2 Å². The normalized spacial score (nSPS) is 13.2. The number of nitrogens with one attached hydrogen (secondary N) is 1. The molecule has 1 aromatic carbocycles. The van der Waals surface area contributed by atoms with E-state index in [2.05, 4.69) is 10.3 Å². The Bertz CT molecular complexity index is 612. The number of hydrogen-bond acceptors (Lipinski definition) is 3. The molecule has 0 saturated carbocycles. The van der Waals surface area contributed by atoms with Crippen molar-refractivity contribution in [3.63, 3.8) is 0 Å². The summed E-state index contributed by atoms with van der Waals surface area (Å²) in [5.41, 5.74) is 1.11. The maximum Gasteiger partial charge on any atom is 0.252 e. The molecule has 0 spiro atoms. The lowest BCUT2D eigenvalue weighted by molar-refractivity contribution is 0.0587. The van der Waals surface area contributed by atoms with Crippen molar-refractivity contribution in [2.75, 3.05) is 6.54 Å². The van der Waals surface area contributed by atoms with Crippen molar-refractivity contribution in [2.45, 2.75) is 26.9 Å². The molecule has 0 fully saturated rings. The highest BCUT2D eigenvalue weighted by atomic mass is 16.3. The first-order valence-corrected chi connectivity index (χ1v) is 6.69. The van der Waals surface area contributed by atoms with E-state index in [9.17, 15) is 9.90 Å². The highest BCUT2D eigenvalue weighted by Crippen LogP contribution is 2.19. The van der Waals surface area contributed by atoms with Crippen LogP contribution in [0, 0.1) is 5.41 Å². The summed E-state index contributed by atoms with van der Waals surface area (Å²) in [6, 6.07) is 9.13. The van der Waals surface area contributed by atoms with Crippen LogP contribution >= 0.6 is 0 Å². The van der Waals surface area contributed by atoms with Crippen LogP contribution in [0.25, 0.3) is 10.9 Å². The van der Waals surface area contributed by atoms with Crippen molar-refractivity contribution >= 4 is 16.8 Å². The Labute approximate surface area is 118 Å². The summed E-state index contributed by atoms with van der Waals surface area (Å²) in [5, 5.41) is 13.6. The number of pyridine rings is 1. The molecule has 4 heteroatoms. The molecule has 2 rings (SSSR count). The van der Waals surface area contributed by atoms with Gasteiger partial charge in [0.2, 0.25) is 0 Å². The second kappa shape index (κ2) is 5.59. The maximum absolute atomic E-state index is 12.2. The fourth-order valence-corrected chi connectivity index (χ4v) is 1.89. The van der Waals surface area contributed by atoms with Crippen LogP contribution < -0.4 is 5.32 Å². The second-order valence-corrected chi connectivity index (χ2v) is 5.97. The maximum atomic E-state index is 12.2. The van der Waals surface area contributed by atoms with Crippen LogP contribution in [0.2, 0.25) is 0 Å². The molecule has 2 N–H and O–H groups in total. The number of carbonyl (C=O) groups is 1. The Morgan fingerprint density at radius 3 is 2.75 bits per heavy atom. The monoisotopic (exact) mass is 272 g/mol. The fourth-order valence-electron chi connectivity index (χ4n) is 1.89. The molecule has 20 heavy (non-hydrogen) atoms. The number of aliphatic hydroxyl groups excluding tert-OH is 1. The van der Waals surface area contributed by atoms with E-state index in [1.165, 1.54) is 0 Å². The van der Waals surface area contributed by atoms with Crippen molar-refractivity contribution < 1.29 is 9.90 Å². The first kappa shape index (κ1) is 14.5. The Morgan fingerprint density at radius 2 is 2.05 bits per heavy atom. The summed E-state index contributed by atoms with van der Waals surface area (Å²) in [7, 11) is 0. The number of benzene rings is 1. The fraction of sp³-hybridized carbons (Fsp3) is 0.375. The molecule has 4 nitrogen and oxygen atoms in total. The van der Waals surface area contributed by atoms with E-state index in [0.29, 0.717) is 5.56 Å². The van der Waals surface area contributed by atoms with Gasteiger partial charge in [-0.2, -0.15) is 0 Å². The highest BCUT2D eigenvalue weighted by molar-refractivity contribution is 6.06. The van der Waals surface area contributed by atoms with Crippen LogP contribution in [-0.2, 0) is 0 Å². The van der Waals surface area contributed by atoms with Crippen LogP contribution in [-0.4, -0.2) is 28.6 Å². The van der Waals surface area contributed by atoms with Crippen molar-refractivity contribution in [3.05, 3.63) is 42.1 Å². The Kier molecular flexibility index (Phi) is 4.04. The number of rotatable bonds is 3. The van der Waals surface area contributed by atoms with E-state index in [0.717, 1.165) is 10.9 Å². The van der Waals surface area contributed by atoms with E-state index in [1.54, 1.807) is 12.3 Å². The zero-order valence-electron chi connectivity index (χ0n) is 12.1. The molecule has 1 heterocycles. The molecule has 1 unspecified atom stereocenters. The number of carbonyl (C=O) groups excluding carboxylic acids is 1. The van der Waals surface area contributed by atoms with Crippen molar-refractivity contribution in [1.82, 2.24) is 10.3 Å². The highest BCUT2D eigenvalue weighted by Gasteiger charge is 2.22. The molecule has 2 aromatic rings. The zero-order valence-corrected chi connectivity index (χ0v) is 12.1. The van der Waals surface area contributed by atoms with E-state index in [-0.39, 0.29) is 17.9 Å². The SMILES string of the molecule is CC(C)(C)C(O)CNC(=O)c1cccc2ncccc12. The molecular formula is C16H20N2O2. The van der Waals surface area contributed by atoms with Gasteiger partial charge < -0.3 is 10.4 Å². The number of aromatic nitrogens is 1. The molecule has 0 aliphatic rings. The smallest absolute Gasteiger partial charge is 0.252 e. The van der Waals surface area contributed by atoms with Crippen LogP contribution in [0.4, 0.5) is 0 Å². The van der Waals surface area contributed by atoms with Gasteiger partial charge in [0, 0.05) is 23.7 Å². The molecule has 0 saturated heterocycles. The average Bonchev–Trinajstić information content (AvgIpc) is 2.42. The summed E-state index contributed by atoms with van der Waals surface area (Å²) in [5.74, 6) is -0.188. The van der Waals surface area contributed by atoms with E-state index >= 15 is 0 Å². The predicted molar refractivity (Wildman–Crippen MR) is 79.5 cm³/mol. The van der Waals surface area contributed by atoms with Gasteiger partial charge in [0.25, 0.3) is 5.91 Å². The lowest BCUT2D eigenvalue weighted by atomic mass is 9.89. The van der Waals surface area contributed by atoms with Gasteiger partial charge in [-0.1, -0.05) is 32.9 Å². The Hall–Kier alpha value is -1.94. The largest absolute Gasteiger partial charge is 0.391 e. The number of nitrogens with zero attached hydrogens (tertiary/aromatic N) is 1. The Morgan fingerprint density at radius 1 is 1.30 bits per heavy atom. The number of aliphatic hydroxyl groups is 1.